The van der Waals surface area contributed by atoms with E-state index in [0.29, 0.717) is 16.3 Å². The number of carbonyl (C=O) groups is 2. The number of esters is 1. The van der Waals surface area contributed by atoms with Crippen molar-refractivity contribution in [3.05, 3.63) is 47.0 Å². The molecule has 1 heterocycles. The van der Waals surface area contributed by atoms with Crippen LogP contribution in [0.2, 0.25) is 0 Å². The van der Waals surface area contributed by atoms with E-state index in [9.17, 15) is 14.0 Å². The van der Waals surface area contributed by atoms with Gasteiger partial charge in [0.25, 0.3) is 0 Å². The van der Waals surface area contributed by atoms with Crippen LogP contribution in [0.5, 0.6) is 0 Å². The summed E-state index contributed by atoms with van der Waals surface area (Å²) < 4.78 is 18.0. The molecule has 0 amide bonds. The predicted octanol–water partition coefficient (Wildman–Crippen LogP) is 3.01. The van der Waals surface area contributed by atoms with Gasteiger partial charge < -0.3 is 9.72 Å². The van der Waals surface area contributed by atoms with E-state index in [-0.39, 0.29) is 29.7 Å². The zero-order valence-corrected chi connectivity index (χ0v) is 13.0. The molecule has 0 saturated carbocycles. The zero-order chi connectivity index (χ0) is 16.1. The number of carbonyl (C=O) groups excluding carboxylic acids is 2. The first-order valence-corrected chi connectivity index (χ1v) is 7.64. The van der Waals surface area contributed by atoms with Crippen LogP contribution in [-0.2, 0) is 4.74 Å². The number of rotatable bonds is 6. The summed E-state index contributed by atoms with van der Waals surface area (Å²) in [5.74, 6) is -0.820. The molecule has 22 heavy (non-hydrogen) atoms. The Labute approximate surface area is 131 Å². The van der Waals surface area contributed by atoms with E-state index in [1.54, 1.807) is 13.8 Å². The van der Waals surface area contributed by atoms with Gasteiger partial charge in [0.1, 0.15) is 11.5 Å². The number of ether oxygens (including phenoxy) is 1. The molecule has 0 atom stereocenters. The Kier molecular flexibility index (Phi) is 5.32. The minimum Gasteiger partial charge on any atom is -0.461 e. The topological polar surface area (TPSA) is 72.0 Å². The largest absolute Gasteiger partial charge is 0.461 e. The van der Waals surface area contributed by atoms with Gasteiger partial charge in [-0.2, -0.15) is 0 Å². The molecule has 2 rings (SSSR count). The number of aromatic amines is 1. The van der Waals surface area contributed by atoms with Crippen molar-refractivity contribution in [1.29, 1.82) is 0 Å². The smallest absolute Gasteiger partial charge is 0.356 e. The predicted molar refractivity (Wildman–Crippen MR) is 80.7 cm³/mol. The molecule has 116 valence electrons. The monoisotopic (exact) mass is 322 g/mol. The van der Waals surface area contributed by atoms with Crippen LogP contribution in [0.1, 0.15) is 33.3 Å². The van der Waals surface area contributed by atoms with Crippen molar-refractivity contribution < 1.29 is 18.7 Å². The maximum atomic E-state index is 13.2. The third kappa shape index (κ3) is 3.94. The van der Waals surface area contributed by atoms with Crippen LogP contribution in [0.4, 0.5) is 4.39 Å². The van der Waals surface area contributed by atoms with Crippen LogP contribution in [0, 0.1) is 12.7 Å². The number of halogens is 1. The fourth-order valence-corrected chi connectivity index (χ4v) is 2.47. The van der Waals surface area contributed by atoms with Crippen LogP contribution in [-0.4, -0.2) is 34.1 Å². The van der Waals surface area contributed by atoms with Gasteiger partial charge in [-0.25, -0.2) is 14.2 Å². The molecule has 1 aromatic carbocycles. The molecule has 0 unspecified atom stereocenters. The Morgan fingerprint density at radius 1 is 1.41 bits per heavy atom. The summed E-state index contributed by atoms with van der Waals surface area (Å²) in [6.07, 6.45) is 1.37. The Morgan fingerprint density at radius 2 is 2.18 bits per heavy atom. The molecule has 0 radical (unpaired) electrons. The van der Waals surface area contributed by atoms with Crippen LogP contribution < -0.4 is 0 Å². The van der Waals surface area contributed by atoms with Crippen molar-refractivity contribution in [3.8, 4) is 0 Å². The number of hydrogen-bond acceptors (Lipinski definition) is 5. The molecular weight excluding hydrogens is 307 g/mol. The third-order valence-corrected chi connectivity index (χ3v) is 3.76. The number of benzene rings is 1. The van der Waals surface area contributed by atoms with Gasteiger partial charge >= 0.3 is 5.97 Å². The fourth-order valence-electron chi connectivity index (χ4n) is 1.72. The third-order valence-electron chi connectivity index (χ3n) is 2.87. The van der Waals surface area contributed by atoms with Gasteiger partial charge in [0.15, 0.2) is 10.9 Å². The maximum Gasteiger partial charge on any atom is 0.356 e. The Balaban J connectivity index is 1.96. The fraction of sp³-hybridized carbons (Fsp3) is 0.267. The summed E-state index contributed by atoms with van der Waals surface area (Å²) in [6, 6.07) is 4.25. The second-order valence-electron chi connectivity index (χ2n) is 4.50. The van der Waals surface area contributed by atoms with Gasteiger partial charge in [-0.3, -0.25) is 4.79 Å². The van der Waals surface area contributed by atoms with Crippen molar-refractivity contribution in [2.24, 2.45) is 0 Å². The van der Waals surface area contributed by atoms with Gasteiger partial charge in [0, 0.05) is 5.56 Å². The van der Waals surface area contributed by atoms with Crippen LogP contribution >= 0.6 is 11.8 Å². The van der Waals surface area contributed by atoms with Crippen molar-refractivity contribution in [2.45, 2.75) is 19.0 Å². The van der Waals surface area contributed by atoms with Gasteiger partial charge in [0.05, 0.1) is 18.6 Å². The van der Waals surface area contributed by atoms with Gasteiger partial charge in [-0.15, -0.1) is 0 Å². The number of ketones is 1. The van der Waals surface area contributed by atoms with E-state index in [1.165, 1.54) is 36.2 Å². The second-order valence-corrected chi connectivity index (χ2v) is 5.46. The lowest BCUT2D eigenvalue weighted by molar-refractivity contribution is 0.0519. The zero-order valence-electron chi connectivity index (χ0n) is 12.2. The van der Waals surface area contributed by atoms with Crippen molar-refractivity contribution in [1.82, 2.24) is 9.97 Å². The summed E-state index contributed by atoms with van der Waals surface area (Å²) in [4.78, 5) is 30.3. The SMILES string of the molecule is CCOC(=O)c1cnc(SCC(=O)c2ccc(F)c(C)c2)[nH]1. The summed E-state index contributed by atoms with van der Waals surface area (Å²) in [5, 5.41) is 0.454. The van der Waals surface area contributed by atoms with Crippen molar-refractivity contribution >= 4 is 23.5 Å². The summed E-state index contributed by atoms with van der Waals surface area (Å²) in [6.45, 7) is 3.60. The molecule has 1 N–H and O–H groups in total. The lowest BCUT2D eigenvalue weighted by Gasteiger charge is -2.02. The average Bonchev–Trinajstić information content (AvgIpc) is 2.97. The minimum atomic E-state index is -0.484. The van der Waals surface area contributed by atoms with Crippen LogP contribution in [0.3, 0.4) is 0 Å². The Morgan fingerprint density at radius 3 is 2.86 bits per heavy atom. The molecule has 0 aliphatic heterocycles. The number of aromatic nitrogens is 2. The van der Waals surface area contributed by atoms with Gasteiger partial charge in [-0.1, -0.05) is 11.8 Å². The molecule has 2 aromatic rings. The molecule has 0 aliphatic rings. The molecular formula is C15H15FN2O3S. The number of aryl methyl sites for hydroxylation is 1. The van der Waals surface area contributed by atoms with E-state index >= 15 is 0 Å². The molecule has 0 aliphatic carbocycles. The van der Waals surface area contributed by atoms with E-state index in [0.717, 1.165) is 0 Å². The average molecular weight is 322 g/mol. The number of thioether (sulfide) groups is 1. The lowest BCUT2D eigenvalue weighted by atomic mass is 10.1. The first-order chi connectivity index (χ1) is 10.5. The van der Waals surface area contributed by atoms with E-state index in [4.69, 9.17) is 4.74 Å². The number of hydrogen-bond donors (Lipinski definition) is 1. The highest BCUT2D eigenvalue weighted by molar-refractivity contribution is 7.99. The molecule has 7 heteroatoms. The Hall–Kier alpha value is -2.15. The number of H-pyrrole nitrogens is 1. The first kappa shape index (κ1) is 16.2. The lowest BCUT2D eigenvalue weighted by Crippen LogP contribution is -2.05. The van der Waals surface area contributed by atoms with Crippen LogP contribution in [0.15, 0.2) is 29.6 Å². The number of nitrogens with zero attached hydrogens (tertiary/aromatic N) is 1. The van der Waals surface area contributed by atoms with Gasteiger partial charge in [-0.05, 0) is 37.6 Å². The minimum absolute atomic E-state index is 0.137. The number of nitrogens with one attached hydrogen (secondary N) is 1. The van der Waals surface area contributed by atoms with E-state index in [2.05, 4.69) is 9.97 Å². The first-order valence-electron chi connectivity index (χ1n) is 6.65. The Bertz CT molecular complexity index is 700. The van der Waals surface area contributed by atoms with Crippen LogP contribution in [0.25, 0.3) is 0 Å². The maximum absolute atomic E-state index is 13.2. The highest BCUT2D eigenvalue weighted by Gasteiger charge is 2.13. The molecule has 5 nitrogen and oxygen atoms in total. The summed E-state index contributed by atoms with van der Waals surface area (Å²) in [5.41, 5.74) is 1.12. The van der Waals surface area contributed by atoms with Crippen molar-refractivity contribution in [3.63, 3.8) is 0 Å². The number of Topliss-reactive ketones (excluding diaryl/α,β-unsaturated/α-hetero) is 1. The van der Waals surface area contributed by atoms with E-state index in [1.807, 2.05) is 0 Å². The molecule has 0 saturated heterocycles. The standard InChI is InChI=1S/C15H15FN2O3S/c1-3-21-14(20)12-7-17-15(18-12)22-8-13(19)10-4-5-11(16)9(2)6-10/h4-7H,3,8H2,1-2H3,(H,17,18). The molecule has 0 bridgehead atoms. The molecule has 0 fully saturated rings. The normalized spacial score (nSPS) is 10.5. The highest BCUT2D eigenvalue weighted by Crippen LogP contribution is 2.17. The highest BCUT2D eigenvalue weighted by atomic mass is 32.2. The summed E-state index contributed by atoms with van der Waals surface area (Å²) >= 11 is 1.17. The summed E-state index contributed by atoms with van der Waals surface area (Å²) in [7, 11) is 0. The number of imidazole rings is 1. The quantitative estimate of drug-likeness (QED) is 0.503. The van der Waals surface area contributed by atoms with Crippen molar-refractivity contribution in [2.75, 3.05) is 12.4 Å². The van der Waals surface area contributed by atoms with Gasteiger partial charge in [0.2, 0.25) is 0 Å². The molecule has 1 aromatic heterocycles. The molecule has 0 spiro atoms. The second kappa shape index (κ2) is 7.22. The van der Waals surface area contributed by atoms with E-state index < -0.39 is 5.97 Å².